The molecule has 0 aliphatic heterocycles. The zero-order valence-corrected chi connectivity index (χ0v) is 18.3. The lowest BCUT2D eigenvalue weighted by atomic mass is 10.2. The predicted octanol–water partition coefficient (Wildman–Crippen LogP) is 4.42. The second-order valence-electron chi connectivity index (χ2n) is 6.30. The van der Waals surface area contributed by atoms with Crippen molar-refractivity contribution in [3.8, 4) is 0 Å². The van der Waals surface area contributed by atoms with Gasteiger partial charge in [-0.1, -0.05) is 29.8 Å². The molecule has 2 aromatic rings. The Kier molecular flexibility index (Phi) is 8.45. The van der Waals surface area contributed by atoms with E-state index in [9.17, 15) is 26.4 Å². The quantitative estimate of drug-likeness (QED) is 0.426. The number of nitrogens with one attached hydrogen (secondary N) is 1. The van der Waals surface area contributed by atoms with Crippen molar-refractivity contribution in [2.45, 2.75) is 17.5 Å². The summed E-state index contributed by atoms with van der Waals surface area (Å²) in [6.07, 6.45) is -3.29. The van der Waals surface area contributed by atoms with Gasteiger partial charge in [0, 0.05) is 11.4 Å². The van der Waals surface area contributed by atoms with E-state index in [1.54, 1.807) is 11.8 Å². The molecule has 1 N–H and O–H groups in total. The second-order valence-corrected chi connectivity index (χ2v) is 9.78. The summed E-state index contributed by atoms with van der Waals surface area (Å²) >= 11 is 7.19. The third kappa shape index (κ3) is 7.41. The first-order chi connectivity index (χ1) is 14.0. The molecular formula is C19H20ClF3N2O3S2. The van der Waals surface area contributed by atoms with E-state index >= 15 is 0 Å². The zero-order valence-electron chi connectivity index (χ0n) is 15.9. The zero-order chi connectivity index (χ0) is 22.4. The molecule has 5 nitrogen and oxygen atoms in total. The largest absolute Gasteiger partial charge is 0.417 e. The molecule has 0 radical (unpaired) electrons. The van der Waals surface area contributed by atoms with Crippen LogP contribution >= 0.6 is 23.4 Å². The standard InChI is InChI=1S/C19H20ClF3N2O3S2/c1-30(27,28)25(14-8-9-17(20)16(12-14)19(21,22)23)13-18(26)24-10-5-11-29-15-6-3-2-4-7-15/h2-4,6-9,12H,5,10-11,13H2,1H3,(H,24,26). The molecule has 30 heavy (non-hydrogen) atoms. The molecule has 0 saturated carbocycles. The van der Waals surface area contributed by atoms with Gasteiger partial charge >= 0.3 is 6.18 Å². The highest BCUT2D eigenvalue weighted by Gasteiger charge is 2.34. The van der Waals surface area contributed by atoms with Gasteiger partial charge in [-0.15, -0.1) is 11.8 Å². The molecule has 0 heterocycles. The maximum atomic E-state index is 13.1. The van der Waals surface area contributed by atoms with E-state index in [1.807, 2.05) is 30.3 Å². The fourth-order valence-electron chi connectivity index (χ4n) is 2.48. The van der Waals surface area contributed by atoms with E-state index in [0.717, 1.165) is 29.0 Å². The van der Waals surface area contributed by atoms with Gasteiger partial charge in [0.1, 0.15) is 6.54 Å². The lowest BCUT2D eigenvalue weighted by Gasteiger charge is -2.23. The van der Waals surface area contributed by atoms with Crippen molar-refractivity contribution in [3.05, 3.63) is 59.1 Å². The highest BCUT2D eigenvalue weighted by atomic mass is 35.5. The molecule has 0 saturated heterocycles. The summed E-state index contributed by atoms with van der Waals surface area (Å²) in [5, 5.41) is 2.04. The molecule has 11 heteroatoms. The number of sulfonamides is 1. The molecule has 0 unspecified atom stereocenters. The maximum Gasteiger partial charge on any atom is 0.417 e. The van der Waals surface area contributed by atoms with Crippen LogP contribution in [0, 0.1) is 0 Å². The number of nitrogens with zero attached hydrogens (tertiary/aromatic N) is 1. The van der Waals surface area contributed by atoms with Crippen molar-refractivity contribution in [1.82, 2.24) is 5.32 Å². The summed E-state index contributed by atoms with van der Waals surface area (Å²) in [6, 6.07) is 12.4. The topological polar surface area (TPSA) is 66.5 Å². The van der Waals surface area contributed by atoms with Crippen LogP contribution in [0.15, 0.2) is 53.4 Å². The minimum Gasteiger partial charge on any atom is -0.354 e. The van der Waals surface area contributed by atoms with Crippen molar-refractivity contribution in [2.24, 2.45) is 0 Å². The number of amides is 1. The Morgan fingerprint density at radius 2 is 1.83 bits per heavy atom. The first-order valence-corrected chi connectivity index (χ1v) is 12.0. The number of alkyl halides is 3. The van der Waals surface area contributed by atoms with E-state index in [-0.39, 0.29) is 5.69 Å². The van der Waals surface area contributed by atoms with Crippen molar-refractivity contribution < 1.29 is 26.4 Å². The van der Waals surface area contributed by atoms with Gasteiger partial charge in [-0.2, -0.15) is 13.2 Å². The molecule has 1 amide bonds. The van der Waals surface area contributed by atoms with Crippen molar-refractivity contribution in [3.63, 3.8) is 0 Å². The van der Waals surface area contributed by atoms with Gasteiger partial charge in [-0.25, -0.2) is 8.42 Å². The van der Waals surface area contributed by atoms with E-state index in [2.05, 4.69) is 5.32 Å². The number of rotatable bonds is 9. The molecule has 0 spiro atoms. The highest BCUT2D eigenvalue weighted by molar-refractivity contribution is 7.99. The number of carbonyl (C=O) groups is 1. The van der Waals surface area contributed by atoms with Crippen molar-refractivity contribution >= 4 is 45.0 Å². The molecule has 0 aromatic heterocycles. The Bertz CT molecular complexity index is 971. The van der Waals surface area contributed by atoms with Crippen LogP contribution in [0.5, 0.6) is 0 Å². The van der Waals surface area contributed by atoms with Crippen molar-refractivity contribution in [2.75, 3.05) is 29.4 Å². The first-order valence-electron chi connectivity index (χ1n) is 8.77. The molecule has 0 fully saturated rings. The maximum absolute atomic E-state index is 13.1. The minimum absolute atomic E-state index is 0.288. The summed E-state index contributed by atoms with van der Waals surface area (Å²) < 4.78 is 64.0. The van der Waals surface area contributed by atoms with E-state index in [4.69, 9.17) is 11.6 Å². The Hall–Kier alpha value is -1.91. The molecule has 164 valence electrons. The van der Waals surface area contributed by atoms with Crippen LogP contribution in [0.3, 0.4) is 0 Å². The van der Waals surface area contributed by atoms with Crippen LogP contribution in [-0.4, -0.2) is 39.4 Å². The first kappa shape index (κ1) is 24.4. The van der Waals surface area contributed by atoms with Gasteiger partial charge < -0.3 is 5.32 Å². The number of halogens is 4. The number of thioether (sulfide) groups is 1. The van der Waals surface area contributed by atoms with E-state index in [1.165, 1.54) is 0 Å². The fraction of sp³-hybridized carbons (Fsp3) is 0.316. The Morgan fingerprint density at radius 3 is 2.43 bits per heavy atom. The summed E-state index contributed by atoms with van der Waals surface area (Å²) in [7, 11) is -4.00. The molecule has 0 bridgehead atoms. The number of hydrogen-bond donors (Lipinski definition) is 1. The normalized spacial score (nSPS) is 11.9. The van der Waals surface area contributed by atoms with Crippen LogP contribution in [0.25, 0.3) is 0 Å². The van der Waals surface area contributed by atoms with Crippen LogP contribution in [0.4, 0.5) is 18.9 Å². The summed E-state index contributed by atoms with van der Waals surface area (Å²) in [6.45, 7) is -0.325. The predicted molar refractivity (Wildman–Crippen MR) is 113 cm³/mol. The van der Waals surface area contributed by atoms with Gasteiger partial charge in [0.2, 0.25) is 15.9 Å². The molecule has 2 rings (SSSR count). The Balaban J connectivity index is 1.97. The fourth-order valence-corrected chi connectivity index (χ4v) is 4.43. The van der Waals surface area contributed by atoms with E-state index < -0.39 is 39.2 Å². The Labute approximate surface area is 182 Å². The van der Waals surface area contributed by atoms with Gasteiger partial charge in [-0.05, 0) is 42.5 Å². The molecule has 0 aliphatic carbocycles. The monoisotopic (exact) mass is 480 g/mol. The Morgan fingerprint density at radius 1 is 1.17 bits per heavy atom. The van der Waals surface area contributed by atoms with Gasteiger partial charge in [0.25, 0.3) is 0 Å². The van der Waals surface area contributed by atoms with Crippen LogP contribution in [0.2, 0.25) is 5.02 Å². The summed E-state index contributed by atoms with van der Waals surface area (Å²) in [4.78, 5) is 13.3. The lowest BCUT2D eigenvalue weighted by Crippen LogP contribution is -2.40. The summed E-state index contributed by atoms with van der Waals surface area (Å²) in [5.74, 6) is 0.125. The van der Waals surface area contributed by atoms with Crippen LogP contribution in [-0.2, 0) is 21.0 Å². The van der Waals surface area contributed by atoms with E-state index in [0.29, 0.717) is 23.3 Å². The van der Waals surface area contributed by atoms with Gasteiger partial charge in [0.15, 0.2) is 0 Å². The SMILES string of the molecule is CS(=O)(=O)N(CC(=O)NCCCSc1ccccc1)c1ccc(Cl)c(C(F)(F)F)c1. The molecule has 0 aliphatic rings. The molecule has 0 atom stereocenters. The average Bonchev–Trinajstić information content (AvgIpc) is 2.65. The third-order valence-electron chi connectivity index (χ3n) is 3.89. The molecule has 2 aromatic carbocycles. The number of hydrogen-bond acceptors (Lipinski definition) is 4. The van der Waals surface area contributed by atoms with Crippen molar-refractivity contribution in [1.29, 1.82) is 0 Å². The summed E-state index contributed by atoms with van der Waals surface area (Å²) in [5.41, 5.74) is -1.46. The van der Waals surface area contributed by atoms with Gasteiger partial charge in [-0.3, -0.25) is 9.10 Å². The second kappa shape index (κ2) is 10.4. The number of anilines is 1. The number of benzene rings is 2. The van der Waals surface area contributed by atoms with Crippen LogP contribution < -0.4 is 9.62 Å². The highest BCUT2D eigenvalue weighted by Crippen LogP contribution is 2.37. The van der Waals surface area contributed by atoms with Gasteiger partial charge in [0.05, 0.1) is 22.5 Å². The average molecular weight is 481 g/mol. The lowest BCUT2D eigenvalue weighted by molar-refractivity contribution is -0.137. The third-order valence-corrected chi connectivity index (χ3v) is 6.45. The minimum atomic E-state index is -4.76. The van der Waals surface area contributed by atoms with Crippen LogP contribution in [0.1, 0.15) is 12.0 Å². The smallest absolute Gasteiger partial charge is 0.354 e. The number of carbonyl (C=O) groups excluding carboxylic acids is 1. The molecular weight excluding hydrogens is 461 g/mol.